The van der Waals surface area contributed by atoms with E-state index < -0.39 is 0 Å². The van der Waals surface area contributed by atoms with Crippen LogP contribution >= 0.6 is 0 Å². The van der Waals surface area contributed by atoms with Gasteiger partial charge in [-0.05, 0) is 36.8 Å². The van der Waals surface area contributed by atoms with Gasteiger partial charge in [0.2, 0.25) is 0 Å². The van der Waals surface area contributed by atoms with E-state index in [1.807, 2.05) is 42.0 Å². The van der Waals surface area contributed by atoms with Crippen LogP contribution in [0.3, 0.4) is 0 Å². The average molecular weight is 392 g/mol. The number of benzene rings is 1. The highest BCUT2D eigenvalue weighted by atomic mass is 16.5. The van der Waals surface area contributed by atoms with Gasteiger partial charge in [-0.1, -0.05) is 6.07 Å². The van der Waals surface area contributed by atoms with Gasteiger partial charge in [-0.3, -0.25) is 4.57 Å². The number of carbonyl (C=O) groups is 1. The second-order valence-corrected chi connectivity index (χ2v) is 6.86. The van der Waals surface area contributed by atoms with Crippen molar-refractivity contribution in [2.45, 2.75) is 13.5 Å². The van der Waals surface area contributed by atoms with Crippen molar-refractivity contribution >= 4 is 17.4 Å². The number of nitrogens with one attached hydrogen (secondary N) is 2. The molecule has 0 spiro atoms. The third-order valence-corrected chi connectivity index (χ3v) is 4.89. The highest BCUT2D eigenvalue weighted by Crippen LogP contribution is 2.23. The molecule has 0 radical (unpaired) electrons. The molecule has 0 unspecified atom stereocenters. The molecule has 0 bridgehead atoms. The average Bonchev–Trinajstić information content (AvgIpc) is 3.29. The summed E-state index contributed by atoms with van der Waals surface area (Å²) in [6.45, 7) is 5.62. The standard InChI is InChI=1S/C21H24N6O2/c1-16-13-18(26-9-11-29-12-10-26)4-5-19(16)25-21(28)24-14-17-3-2-6-23-20(17)27-8-7-22-15-27/h2-8,13,15H,9-12,14H2,1H3,(H2,24,25,28). The lowest BCUT2D eigenvalue weighted by atomic mass is 10.1. The summed E-state index contributed by atoms with van der Waals surface area (Å²) in [6.07, 6.45) is 6.93. The van der Waals surface area contributed by atoms with Crippen LogP contribution in [0, 0.1) is 6.92 Å². The van der Waals surface area contributed by atoms with Gasteiger partial charge in [-0.2, -0.15) is 0 Å². The van der Waals surface area contributed by atoms with E-state index in [2.05, 4.69) is 31.6 Å². The Kier molecular flexibility index (Phi) is 5.71. The van der Waals surface area contributed by atoms with Crippen LogP contribution in [0.25, 0.3) is 5.82 Å². The van der Waals surface area contributed by atoms with Crippen LogP contribution in [0.2, 0.25) is 0 Å². The second kappa shape index (κ2) is 8.74. The first kappa shape index (κ1) is 18.9. The monoisotopic (exact) mass is 392 g/mol. The maximum Gasteiger partial charge on any atom is 0.319 e. The van der Waals surface area contributed by atoms with E-state index in [4.69, 9.17) is 4.74 Å². The van der Waals surface area contributed by atoms with Crippen molar-refractivity contribution in [3.05, 3.63) is 66.4 Å². The van der Waals surface area contributed by atoms with Gasteiger partial charge in [0, 0.05) is 55.2 Å². The Hall–Kier alpha value is -3.39. The molecule has 1 aromatic carbocycles. The third kappa shape index (κ3) is 4.55. The number of morpholine rings is 1. The van der Waals surface area contributed by atoms with E-state index in [-0.39, 0.29) is 6.03 Å². The molecule has 1 aliphatic heterocycles. The van der Waals surface area contributed by atoms with Crippen LogP contribution in [-0.2, 0) is 11.3 Å². The van der Waals surface area contributed by atoms with Gasteiger partial charge in [0.1, 0.15) is 12.1 Å². The van der Waals surface area contributed by atoms with Crippen LogP contribution in [0.1, 0.15) is 11.1 Å². The maximum atomic E-state index is 12.4. The van der Waals surface area contributed by atoms with Crippen molar-refractivity contribution in [1.29, 1.82) is 0 Å². The topological polar surface area (TPSA) is 84.3 Å². The molecule has 1 saturated heterocycles. The Bertz CT molecular complexity index is 967. The molecule has 150 valence electrons. The number of pyridine rings is 1. The Morgan fingerprint density at radius 1 is 1.21 bits per heavy atom. The van der Waals surface area contributed by atoms with Gasteiger partial charge in [0.25, 0.3) is 0 Å². The highest BCUT2D eigenvalue weighted by Gasteiger charge is 2.13. The number of imidazole rings is 1. The third-order valence-electron chi connectivity index (χ3n) is 4.89. The number of urea groups is 1. The number of anilines is 2. The van der Waals surface area contributed by atoms with Crippen molar-refractivity contribution in [3.63, 3.8) is 0 Å². The van der Waals surface area contributed by atoms with Crippen LogP contribution < -0.4 is 15.5 Å². The Labute approximate surface area is 169 Å². The SMILES string of the molecule is Cc1cc(N2CCOCC2)ccc1NC(=O)NCc1cccnc1-n1ccnc1. The fourth-order valence-electron chi connectivity index (χ4n) is 3.33. The zero-order valence-electron chi connectivity index (χ0n) is 16.3. The minimum absolute atomic E-state index is 0.257. The maximum absolute atomic E-state index is 12.4. The number of aromatic nitrogens is 3. The Balaban J connectivity index is 1.38. The Morgan fingerprint density at radius 2 is 2.07 bits per heavy atom. The molecule has 2 amide bonds. The summed E-state index contributed by atoms with van der Waals surface area (Å²) in [5.74, 6) is 0.747. The van der Waals surface area contributed by atoms with Crippen molar-refractivity contribution in [3.8, 4) is 5.82 Å². The Morgan fingerprint density at radius 3 is 2.83 bits per heavy atom. The summed E-state index contributed by atoms with van der Waals surface area (Å²) < 4.78 is 7.23. The first-order chi connectivity index (χ1) is 14.2. The molecule has 29 heavy (non-hydrogen) atoms. The normalized spacial score (nSPS) is 13.9. The number of hydrogen-bond donors (Lipinski definition) is 2. The van der Waals surface area contributed by atoms with E-state index in [0.29, 0.717) is 6.54 Å². The molecular weight excluding hydrogens is 368 g/mol. The summed E-state index contributed by atoms with van der Waals surface area (Å²) in [6, 6.07) is 9.61. The number of hydrogen-bond acceptors (Lipinski definition) is 5. The van der Waals surface area contributed by atoms with Gasteiger partial charge in [-0.25, -0.2) is 14.8 Å². The van der Waals surface area contributed by atoms with Crippen LogP contribution in [0.15, 0.2) is 55.2 Å². The van der Waals surface area contributed by atoms with Crippen molar-refractivity contribution in [2.75, 3.05) is 36.5 Å². The molecule has 8 nitrogen and oxygen atoms in total. The quantitative estimate of drug-likeness (QED) is 0.698. The van der Waals surface area contributed by atoms with Gasteiger partial charge >= 0.3 is 6.03 Å². The lowest BCUT2D eigenvalue weighted by Crippen LogP contribution is -2.36. The number of ether oxygens (including phenoxy) is 1. The molecule has 2 N–H and O–H groups in total. The second-order valence-electron chi connectivity index (χ2n) is 6.86. The van der Waals surface area contributed by atoms with E-state index in [0.717, 1.165) is 54.6 Å². The number of nitrogens with zero attached hydrogens (tertiary/aromatic N) is 4. The highest BCUT2D eigenvalue weighted by molar-refractivity contribution is 5.90. The summed E-state index contributed by atoms with van der Waals surface area (Å²) >= 11 is 0. The molecule has 2 aromatic heterocycles. The lowest BCUT2D eigenvalue weighted by molar-refractivity contribution is 0.122. The number of carbonyl (C=O) groups excluding carboxylic acids is 1. The number of amides is 2. The fourth-order valence-corrected chi connectivity index (χ4v) is 3.33. The van der Waals surface area contributed by atoms with Crippen molar-refractivity contribution in [1.82, 2.24) is 19.9 Å². The lowest BCUT2D eigenvalue weighted by Gasteiger charge is -2.29. The fraction of sp³-hybridized carbons (Fsp3) is 0.286. The molecule has 3 aromatic rings. The van der Waals surface area contributed by atoms with Crippen LogP contribution in [0.5, 0.6) is 0 Å². The van der Waals surface area contributed by atoms with Crippen molar-refractivity contribution in [2.24, 2.45) is 0 Å². The van der Waals surface area contributed by atoms with E-state index in [1.54, 1.807) is 18.7 Å². The van der Waals surface area contributed by atoms with Crippen molar-refractivity contribution < 1.29 is 9.53 Å². The summed E-state index contributed by atoms with van der Waals surface area (Å²) in [7, 11) is 0. The van der Waals surface area contributed by atoms with E-state index in [1.165, 1.54) is 0 Å². The van der Waals surface area contributed by atoms with Gasteiger partial charge in [0.15, 0.2) is 0 Å². The van der Waals surface area contributed by atoms with E-state index >= 15 is 0 Å². The summed E-state index contributed by atoms with van der Waals surface area (Å²) in [5, 5.41) is 5.84. The van der Waals surface area contributed by atoms with Crippen LogP contribution in [-0.4, -0.2) is 46.9 Å². The molecular formula is C21H24N6O2. The van der Waals surface area contributed by atoms with Crippen LogP contribution in [0.4, 0.5) is 16.2 Å². The smallest absolute Gasteiger partial charge is 0.319 e. The molecule has 0 aliphatic carbocycles. The molecule has 3 heterocycles. The predicted octanol–water partition coefficient (Wildman–Crippen LogP) is 2.73. The van der Waals surface area contributed by atoms with Gasteiger partial charge < -0.3 is 20.3 Å². The molecule has 8 heteroatoms. The van der Waals surface area contributed by atoms with E-state index in [9.17, 15) is 4.79 Å². The van der Waals surface area contributed by atoms with Gasteiger partial charge in [-0.15, -0.1) is 0 Å². The first-order valence-corrected chi connectivity index (χ1v) is 9.61. The molecule has 4 rings (SSSR count). The molecule has 0 atom stereocenters. The minimum Gasteiger partial charge on any atom is -0.378 e. The summed E-state index contributed by atoms with van der Waals surface area (Å²) in [5.41, 5.74) is 3.86. The zero-order valence-corrected chi connectivity index (χ0v) is 16.3. The predicted molar refractivity (Wildman–Crippen MR) is 111 cm³/mol. The molecule has 1 aliphatic rings. The first-order valence-electron chi connectivity index (χ1n) is 9.61. The molecule has 0 saturated carbocycles. The largest absolute Gasteiger partial charge is 0.378 e. The number of aryl methyl sites for hydroxylation is 1. The number of rotatable bonds is 5. The molecule has 1 fully saturated rings. The van der Waals surface area contributed by atoms with Gasteiger partial charge in [0.05, 0.1) is 13.2 Å². The minimum atomic E-state index is -0.257. The zero-order chi connectivity index (χ0) is 20.1. The summed E-state index contributed by atoms with van der Waals surface area (Å²) in [4.78, 5) is 23.2.